The van der Waals surface area contributed by atoms with E-state index < -0.39 is 0 Å². The fourth-order valence-corrected chi connectivity index (χ4v) is 2.13. The van der Waals surface area contributed by atoms with E-state index in [2.05, 4.69) is 24.6 Å². The van der Waals surface area contributed by atoms with Crippen LogP contribution in [0.5, 0.6) is 0 Å². The molecule has 2 aliphatic rings. The van der Waals surface area contributed by atoms with Crippen molar-refractivity contribution in [3.63, 3.8) is 0 Å². The standard InChI is InChI=1S/C13H19N/c1-10-3-6-12(7-4-10)13-8-5-11(2)9-14-13/h6,11H,1,3-5,7-9H2,2H3. The van der Waals surface area contributed by atoms with E-state index >= 15 is 0 Å². The highest BCUT2D eigenvalue weighted by molar-refractivity contribution is 6.00. The molecule has 76 valence electrons. The third kappa shape index (κ3) is 2.14. The van der Waals surface area contributed by atoms with Crippen molar-refractivity contribution in [1.82, 2.24) is 0 Å². The second-order valence-corrected chi connectivity index (χ2v) is 4.61. The van der Waals surface area contributed by atoms with Gasteiger partial charge in [-0.25, -0.2) is 0 Å². The molecule has 0 fully saturated rings. The summed E-state index contributed by atoms with van der Waals surface area (Å²) in [5.41, 5.74) is 4.26. The smallest absolute Gasteiger partial charge is 0.0418 e. The van der Waals surface area contributed by atoms with E-state index in [1.165, 1.54) is 42.5 Å². The van der Waals surface area contributed by atoms with Gasteiger partial charge in [-0.05, 0) is 43.6 Å². The SMILES string of the molecule is C=C1CC=C(C2=NCC(C)CC2)CC1. The monoisotopic (exact) mass is 189 g/mol. The summed E-state index contributed by atoms with van der Waals surface area (Å²) in [6, 6.07) is 0. The van der Waals surface area contributed by atoms with Crippen molar-refractivity contribution >= 4 is 5.71 Å². The molecule has 14 heavy (non-hydrogen) atoms. The fraction of sp³-hybridized carbons (Fsp3) is 0.615. The number of aliphatic imine (C=N–C) groups is 1. The minimum atomic E-state index is 0.790. The van der Waals surface area contributed by atoms with Crippen molar-refractivity contribution in [2.75, 3.05) is 6.54 Å². The molecule has 0 amide bonds. The first-order valence-electron chi connectivity index (χ1n) is 5.65. The average molecular weight is 189 g/mol. The molecule has 1 nitrogen and oxygen atoms in total. The molecule has 0 spiro atoms. The lowest BCUT2D eigenvalue weighted by Crippen LogP contribution is -2.16. The van der Waals surface area contributed by atoms with E-state index in [1.807, 2.05) is 0 Å². The second-order valence-electron chi connectivity index (χ2n) is 4.61. The third-order valence-electron chi connectivity index (χ3n) is 3.22. The summed E-state index contributed by atoms with van der Waals surface area (Å²) in [4.78, 5) is 4.68. The van der Waals surface area contributed by atoms with Crippen molar-refractivity contribution in [3.8, 4) is 0 Å². The van der Waals surface area contributed by atoms with Gasteiger partial charge in [0.1, 0.15) is 0 Å². The molecule has 0 aromatic heterocycles. The van der Waals surface area contributed by atoms with Gasteiger partial charge in [-0.2, -0.15) is 0 Å². The van der Waals surface area contributed by atoms with E-state index in [0.29, 0.717) is 0 Å². The molecular formula is C13H19N. The van der Waals surface area contributed by atoms with Gasteiger partial charge in [-0.15, -0.1) is 0 Å². The summed E-state index contributed by atoms with van der Waals surface area (Å²) in [5, 5.41) is 0. The molecule has 1 unspecified atom stereocenters. The van der Waals surface area contributed by atoms with Gasteiger partial charge in [-0.3, -0.25) is 4.99 Å². The maximum Gasteiger partial charge on any atom is 0.0418 e. The van der Waals surface area contributed by atoms with Crippen molar-refractivity contribution in [2.24, 2.45) is 10.9 Å². The molecule has 1 aliphatic heterocycles. The van der Waals surface area contributed by atoms with Crippen LogP contribution in [0.3, 0.4) is 0 Å². The van der Waals surface area contributed by atoms with Crippen LogP contribution in [0.15, 0.2) is 28.8 Å². The van der Waals surface area contributed by atoms with Crippen LogP contribution in [0.1, 0.15) is 39.0 Å². The van der Waals surface area contributed by atoms with Crippen LogP contribution in [-0.2, 0) is 0 Å². The molecule has 1 aliphatic carbocycles. The summed E-state index contributed by atoms with van der Waals surface area (Å²) in [7, 11) is 0. The predicted octanol–water partition coefficient (Wildman–Crippen LogP) is 3.52. The maximum atomic E-state index is 4.68. The number of rotatable bonds is 1. The molecule has 1 heterocycles. The normalized spacial score (nSPS) is 28.4. The van der Waals surface area contributed by atoms with Crippen molar-refractivity contribution in [2.45, 2.75) is 39.0 Å². The van der Waals surface area contributed by atoms with Crippen LogP contribution in [0.4, 0.5) is 0 Å². The van der Waals surface area contributed by atoms with E-state index in [1.54, 1.807) is 0 Å². The molecule has 0 saturated carbocycles. The molecule has 1 atom stereocenters. The topological polar surface area (TPSA) is 12.4 Å². The number of hydrogen-bond donors (Lipinski definition) is 0. The van der Waals surface area contributed by atoms with Gasteiger partial charge in [0.05, 0.1) is 0 Å². The van der Waals surface area contributed by atoms with Gasteiger partial charge in [0.25, 0.3) is 0 Å². The predicted molar refractivity (Wildman–Crippen MR) is 61.8 cm³/mol. The van der Waals surface area contributed by atoms with E-state index in [4.69, 9.17) is 0 Å². The van der Waals surface area contributed by atoms with Crippen molar-refractivity contribution in [3.05, 3.63) is 23.8 Å². The number of allylic oxidation sites excluding steroid dienone is 3. The second kappa shape index (κ2) is 4.12. The Morgan fingerprint density at radius 3 is 2.79 bits per heavy atom. The Kier molecular flexibility index (Phi) is 2.85. The minimum Gasteiger partial charge on any atom is -0.289 e. The summed E-state index contributed by atoms with van der Waals surface area (Å²) < 4.78 is 0. The van der Waals surface area contributed by atoms with Gasteiger partial charge in [-0.1, -0.05) is 25.2 Å². The van der Waals surface area contributed by atoms with Crippen LogP contribution < -0.4 is 0 Å². The Morgan fingerprint density at radius 2 is 2.21 bits per heavy atom. The van der Waals surface area contributed by atoms with E-state index in [0.717, 1.165) is 18.9 Å². The maximum absolute atomic E-state index is 4.68. The first-order valence-corrected chi connectivity index (χ1v) is 5.65. The first kappa shape index (κ1) is 9.70. The highest BCUT2D eigenvalue weighted by atomic mass is 14.8. The quantitative estimate of drug-likeness (QED) is 0.560. The molecule has 0 N–H and O–H groups in total. The largest absolute Gasteiger partial charge is 0.289 e. The van der Waals surface area contributed by atoms with Crippen molar-refractivity contribution < 1.29 is 0 Å². The fourth-order valence-electron chi connectivity index (χ4n) is 2.13. The Labute approximate surface area is 86.6 Å². The lowest BCUT2D eigenvalue weighted by molar-refractivity contribution is 0.537. The third-order valence-corrected chi connectivity index (χ3v) is 3.22. The van der Waals surface area contributed by atoms with Crippen molar-refractivity contribution in [1.29, 1.82) is 0 Å². The molecular weight excluding hydrogens is 170 g/mol. The van der Waals surface area contributed by atoms with Gasteiger partial charge < -0.3 is 0 Å². The molecule has 1 heteroatoms. The summed E-state index contributed by atoms with van der Waals surface area (Å²) >= 11 is 0. The van der Waals surface area contributed by atoms with Gasteiger partial charge >= 0.3 is 0 Å². The number of hydrogen-bond acceptors (Lipinski definition) is 1. The van der Waals surface area contributed by atoms with Gasteiger partial charge in [0.15, 0.2) is 0 Å². The first-order chi connectivity index (χ1) is 6.75. The zero-order chi connectivity index (χ0) is 9.97. The zero-order valence-electron chi connectivity index (χ0n) is 9.05. The van der Waals surface area contributed by atoms with Crippen LogP contribution in [0, 0.1) is 5.92 Å². The lowest BCUT2D eigenvalue weighted by atomic mass is 9.88. The highest BCUT2D eigenvalue weighted by Gasteiger charge is 2.16. The van der Waals surface area contributed by atoms with Crippen LogP contribution in [-0.4, -0.2) is 12.3 Å². The van der Waals surface area contributed by atoms with E-state index in [9.17, 15) is 0 Å². The van der Waals surface area contributed by atoms with Crippen LogP contribution >= 0.6 is 0 Å². The molecule has 0 bridgehead atoms. The van der Waals surface area contributed by atoms with E-state index in [-0.39, 0.29) is 0 Å². The number of nitrogens with zero attached hydrogens (tertiary/aromatic N) is 1. The highest BCUT2D eigenvalue weighted by Crippen LogP contribution is 2.26. The minimum absolute atomic E-state index is 0.790. The summed E-state index contributed by atoms with van der Waals surface area (Å²) in [6.45, 7) is 7.35. The molecule has 0 aromatic carbocycles. The molecule has 2 rings (SSSR count). The van der Waals surface area contributed by atoms with Gasteiger partial charge in [0.2, 0.25) is 0 Å². The molecule has 0 radical (unpaired) electrons. The Morgan fingerprint density at radius 1 is 1.36 bits per heavy atom. The molecule has 0 saturated heterocycles. The Hall–Kier alpha value is -0.850. The zero-order valence-corrected chi connectivity index (χ0v) is 9.05. The van der Waals surface area contributed by atoms with Crippen LogP contribution in [0.2, 0.25) is 0 Å². The Balaban J connectivity index is 2.05. The van der Waals surface area contributed by atoms with Gasteiger partial charge in [0, 0.05) is 12.3 Å². The lowest BCUT2D eigenvalue weighted by Gasteiger charge is -2.22. The molecule has 0 aromatic rings. The summed E-state index contributed by atoms with van der Waals surface area (Å²) in [6.07, 6.45) is 8.26. The van der Waals surface area contributed by atoms with Crippen LogP contribution in [0.25, 0.3) is 0 Å². The average Bonchev–Trinajstić information content (AvgIpc) is 2.21. The Bertz CT molecular complexity index is 296. The summed E-state index contributed by atoms with van der Waals surface area (Å²) in [5.74, 6) is 0.790.